The van der Waals surface area contributed by atoms with Gasteiger partial charge in [-0.15, -0.1) is 0 Å². The second-order valence-electron chi connectivity index (χ2n) is 22.6. The minimum atomic E-state index is 0.654. The Morgan fingerprint density at radius 2 is 0.283 bits per heavy atom. The molecule has 0 aromatic heterocycles. The van der Waals surface area contributed by atoms with E-state index in [-0.39, 0.29) is 0 Å². The van der Waals surface area contributed by atoms with Gasteiger partial charge in [-0.3, -0.25) is 0 Å². The minimum Gasteiger partial charge on any atom is -0.379 e. The fraction of sp³-hybridized carbons (Fsp3) is 1.00. The highest BCUT2D eigenvalue weighted by molar-refractivity contribution is 4.62. The minimum absolute atomic E-state index is 0.654. The van der Waals surface area contributed by atoms with Crippen molar-refractivity contribution in [3.63, 3.8) is 0 Å². The van der Waals surface area contributed by atoms with Crippen molar-refractivity contribution >= 4 is 0 Å². The van der Waals surface area contributed by atoms with Gasteiger partial charge in [0.15, 0.2) is 0 Å². The third kappa shape index (κ3) is 79.6. The van der Waals surface area contributed by atoms with E-state index in [0.29, 0.717) is 79.3 Å². The molecule has 552 valence electrons. The zero-order valence-corrected chi connectivity index (χ0v) is 58.6. The molecule has 6 fully saturated rings. The monoisotopic (exact) mass is 1330 g/mol. The first-order valence-electron chi connectivity index (χ1n) is 36.0. The highest BCUT2D eigenvalue weighted by Gasteiger charge is 2.04. The highest BCUT2D eigenvalue weighted by Crippen LogP contribution is 2.02. The fourth-order valence-electron chi connectivity index (χ4n) is 8.71. The van der Waals surface area contributed by atoms with Crippen LogP contribution >= 0.6 is 0 Å². The SMILES string of the molecule is C1CCCNCCCNCCC1.C1CNCCNCCNCCN1.C1CNCCOCCNCCNCCOCCN1.C1COCCNCCOCCN1.C1COCCOCCNCCOCCOCCN1.CN1CCOCCOCCN(C)CCOCCOCC1. The lowest BCUT2D eigenvalue weighted by molar-refractivity contribution is 0.0137. The quantitative estimate of drug-likeness (QED) is 0.113. The first kappa shape index (κ1) is 88.9. The summed E-state index contributed by atoms with van der Waals surface area (Å²) < 4.78 is 65.4. The molecule has 0 amide bonds. The molecular weight excluding hydrogens is 1180 g/mol. The van der Waals surface area contributed by atoms with Crippen molar-refractivity contribution in [2.24, 2.45) is 0 Å². The summed E-state index contributed by atoms with van der Waals surface area (Å²) in [6.45, 7) is 49.1. The smallest absolute Gasteiger partial charge is 0.0701 e. The molecule has 0 saturated carbocycles. The van der Waals surface area contributed by atoms with Crippen molar-refractivity contribution in [3.05, 3.63) is 0 Å². The fourth-order valence-corrected chi connectivity index (χ4v) is 8.71. The van der Waals surface area contributed by atoms with Gasteiger partial charge in [0.25, 0.3) is 0 Å². The first-order chi connectivity index (χ1) is 45.8. The molecule has 0 aliphatic carbocycles. The molecule has 14 N–H and O–H groups in total. The van der Waals surface area contributed by atoms with Gasteiger partial charge in [0.05, 0.1) is 159 Å². The summed E-state index contributed by atoms with van der Waals surface area (Å²) in [5.41, 5.74) is 0. The van der Waals surface area contributed by atoms with Crippen LogP contribution in [0.1, 0.15) is 38.5 Å². The van der Waals surface area contributed by atoms with Gasteiger partial charge in [-0.2, -0.15) is 0 Å². The van der Waals surface area contributed by atoms with Crippen molar-refractivity contribution in [2.75, 3.05) is 382 Å². The second kappa shape index (κ2) is 82.3. The molecule has 0 atom stereocenters. The van der Waals surface area contributed by atoms with Crippen LogP contribution in [0.3, 0.4) is 0 Å². The van der Waals surface area contributed by atoms with Crippen LogP contribution in [0.4, 0.5) is 0 Å². The van der Waals surface area contributed by atoms with E-state index in [1.54, 1.807) is 0 Å². The molecule has 6 aliphatic heterocycles. The standard InChI is InChI=1S/C14H30N2O4.C12H28N4O2.C12H26N2O4.C10H22N2.C8H20N4.C8H18N2O2/c1-15-3-7-17-11-13-19-9-5-16(2)6-10-20-14-12-18-8-4-15;1-2-14-6-10-18-12-8-16-4-3-15-7-11-17-9-5-13-1;1-5-15-9-10-17-7-3-14-4-8-18-12-11-16-6-2-13-1;1-2-4-7-11-9-6-10-12-8-5-3-1;1-2-10-5-6-12-8-7-11-4-3-9-1;1-5-11-7-3-10-4-8-12-6-2-9-1/h3-14H2,1-2H3;13-16H,1-12H2;13-14H,1-12H2;11-12H,1-10H2;9-12H,1-8H2;9-10H,1-8H2. The van der Waals surface area contributed by atoms with E-state index in [1.165, 1.54) is 64.7 Å². The molecule has 0 bridgehead atoms. The molecule has 0 spiro atoms. The average molecular weight is 1330 g/mol. The molecule has 6 rings (SSSR count). The summed E-state index contributed by atoms with van der Waals surface area (Å²) >= 11 is 0. The van der Waals surface area contributed by atoms with E-state index in [4.69, 9.17) is 56.8 Å². The predicted octanol–water partition coefficient (Wildman–Crippen LogP) is -3.34. The maximum absolute atomic E-state index is 5.54. The zero-order valence-electron chi connectivity index (χ0n) is 58.6. The van der Waals surface area contributed by atoms with Gasteiger partial charge < -0.3 is 141 Å². The van der Waals surface area contributed by atoms with Crippen LogP contribution in [0.15, 0.2) is 0 Å². The highest BCUT2D eigenvalue weighted by atomic mass is 16.5. The van der Waals surface area contributed by atoms with E-state index in [0.717, 1.165) is 263 Å². The lowest BCUT2D eigenvalue weighted by atomic mass is 10.1. The number of nitrogens with zero attached hydrogens (tertiary/aromatic N) is 2. The van der Waals surface area contributed by atoms with Gasteiger partial charge >= 0.3 is 0 Å². The van der Waals surface area contributed by atoms with Crippen molar-refractivity contribution < 1.29 is 56.8 Å². The van der Waals surface area contributed by atoms with Gasteiger partial charge in [-0.1, -0.05) is 19.3 Å². The Labute approximate surface area is 559 Å². The summed E-state index contributed by atoms with van der Waals surface area (Å²) in [5.74, 6) is 0. The normalized spacial score (nSPS) is 24.2. The van der Waals surface area contributed by atoms with Crippen molar-refractivity contribution in [1.29, 1.82) is 0 Å². The maximum Gasteiger partial charge on any atom is 0.0701 e. The van der Waals surface area contributed by atoms with E-state index >= 15 is 0 Å². The first-order valence-corrected chi connectivity index (χ1v) is 36.0. The number of hydrogen-bond donors (Lipinski definition) is 14. The van der Waals surface area contributed by atoms with E-state index < -0.39 is 0 Å². The number of nitrogens with one attached hydrogen (secondary N) is 14. The lowest BCUT2D eigenvalue weighted by Crippen LogP contribution is -2.39. The number of rotatable bonds is 0. The third-order valence-electron chi connectivity index (χ3n) is 14.3. The Kier molecular flexibility index (Phi) is 79.5. The Morgan fingerprint density at radius 3 is 0.500 bits per heavy atom. The number of ether oxygens (including phenoxy) is 12. The molecule has 0 aromatic rings. The van der Waals surface area contributed by atoms with Gasteiger partial charge in [0.1, 0.15) is 0 Å². The summed E-state index contributed by atoms with van der Waals surface area (Å²) in [7, 11) is 4.15. The molecule has 92 heavy (non-hydrogen) atoms. The summed E-state index contributed by atoms with van der Waals surface area (Å²) in [5, 5.41) is 46.6. The molecule has 0 aromatic carbocycles. The van der Waals surface area contributed by atoms with Gasteiger partial charge in [-0.05, 0) is 59.5 Å². The van der Waals surface area contributed by atoms with E-state index in [1.807, 2.05) is 0 Å². The van der Waals surface area contributed by atoms with Crippen molar-refractivity contribution in [2.45, 2.75) is 38.5 Å². The van der Waals surface area contributed by atoms with Crippen LogP contribution in [0, 0.1) is 0 Å². The third-order valence-corrected chi connectivity index (χ3v) is 14.3. The molecule has 6 heterocycles. The molecule has 28 heteroatoms. The van der Waals surface area contributed by atoms with Crippen LogP contribution in [-0.2, 0) is 56.8 Å². The Bertz CT molecular complexity index is 927. The summed E-state index contributed by atoms with van der Waals surface area (Å²) in [6, 6.07) is 0. The Hall–Kier alpha value is -1.12. The van der Waals surface area contributed by atoms with Crippen LogP contribution in [-0.4, -0.2) is 392 Å². The van der Waals surface area contributed by atoms with Gasteiger partial charge in [0.2, 0.25) is 0 Å². The van der Waals surface area contributed by atoms with Crippen molar-refractivity contribution in [1.82, 2.24) is 84.2 Å². The molecule has 0 radical (unpaired) electrons. The van der Waals surface area contributed by atoms with E-state index in [9.17, 15) is 0 Å². The Balaban J connectivity index is 0.000000559. The van der Waals surface area contributed by atoms with Crippen LogP contribution in [0.25, 0.3) is 0 Å². The largest absolute Gasteiger partial charge is 0.379 e. The van der Waals surface area contributed by atoms with Gasteiger partial charge in [0, 0.05) is 183 Å². The lowest BCUT2D eigenvalue weighted by Gasteiger charge is -2.18. The molecule has 28 nitrogen and oxygen atoms in total. The summed E-state index contributed by atoms with van der Waals surface area (Å²) in [4.78, 5) is 4.42. The van der Waals surface area contributed by atoms with Crippen LogP contribution in [0.5, 0.6) is 0 Å². The van der Waals surface area contributed by atoms with Gasteiger partial charge in [-0.25, -0.2) is 0 Å². The zero-order chi connectivity index (χ0) is 65.4. The van der Waals surface area contributed by atoms with Crippen LogP contribution in [0.2, 0.25) is 0 Å². The average Bonchev–Trinajstić information content (AvgIpc) is 3.57. The molecule has 6 saturated heterocycles. The summed E-state index contributed by atoms with van der Waals surface area (Å²) in [6.07, 6.45) is 8.25. The van der Waals surface area contributed by atoms with E-state index in [2.05, 4.69) is 98.3 Å². The number of likely N-dealkylation sites (N-methyl/N-ethyl adjacent to an activating group) is 2. The van der Waals surface area contributed by atoms with Crippen molar-refractivity contribution in [3.8, 4) is 0 Å². The second-order valence-corrected chi connectivity index (χ2v) is 22.6. The number of hydrogen-bond acceptors (Lipinski definition) is 28. The van der Waals surface area contributed by atoms with Crippen LogP contribution < -0.4 is 74.4 Å². The maximum atomic E-state index is 5.54. The molecule has 0 unspecified atom stereocenters. The molecule has 6 aliphatic rings. The predicted molar refractivity (Wildman–Crippen MR) is 373 cm³/mol. The topological polar surface area (TPSA) is 286 Å². The molecular formula is C64H144N16O12. The Morgan fingerprint density at radius 1 is 0.141 bits per heavy atom.